The molecule has 21 heavy (non-hydrogen) atoms. The highest BCUT2D eigenvalue weighted by atomic mass is 16.6. The Kier molecular flexibility index (Phi) is 5.24. The topological polar surface area (TPSA) is 43.4 Å². The molecule has 0 saturated carbocycles. The Hall–Kier alpha value is -2.94. The van der Waals surface area contributed by atoms with E-state index in [-0.39, 0.29) is 0 Å². The fraction of sp³-hybridized carbons (Fsp3) is 0. The molecule has 3 heteroatoms. The molecule has 0 atom stereocenters. The van der Waals surface area contributed by atoms with E-state index in [4.69, 9.17) is 0 Å². The first-order chi connectivity index (χ1) is 10.2. The molecule has 0 aliphatic rings. The van der Waals surface area contributed by atoms with Crippen LogP contribution in [0.15, 0.2) is 72.8 Å². The van der Waals surface area contributed by atoms with Gasteiger partial charge in [-0.3, -0.25) is 0 Å². The van der Waals surface area contributed by atoms with Gasteiger partial charge in [-0.1, -0.05) is 60.7 Å². The van der Waals surface area contributed by atoms with Crippen LogP contribution in [0.5, 0.6) is 0 Å². The summed E-state index contributed by atoms with van der Waals surface area (Å²) in [5, 5.41) is 0. The molecular formula is C18H14O3. The lowest BCUT2D eigenvalue weighted by molar-refractivity contribution is -0.152. The van der Waals surface area contributed by atoms with Gasteiger partial charge in [0.05, 0.1) is 0 Å². The van der Waals surface area contributed by atoms with Crippen LogP contribution in [0.25, 0.3) is 12.2 Å². The van der Waals surface area contributed by atoms with E-state index in [1.165, 1.54) is 12.2 Å². The van der Waals surface area contributed by atoms with Gasteiger partial charge in [0.2, 0.25) is 0 Å². The Morgan fingerprint density at radius 3 is 1.43 bits per heavy atom. The van der Waals surface area contributed by atoms with Crippen LogP contribution >= 0.6 is 0 Å². The lowest BCUT2D eigenvalue weighted by Crippen LogP contribution is -2.06. The number of hydrogen-bond acceptors (Lipinski definition) is 3. The van der Waals surface area contributed by atoms with E-state index in [9.17, 15) is 9.59 Å². The first-order valence-corrected chi connectivity index (χ1v) is 6.46. The maximum absolute atomic E-state index is 11.5. The average Bonchev–Trinajstić information content (AvgIpc) is 2.53. The van der Waals surface area contributed by atoms with Crippen LogP contribution in [0.4, 0.5) is 0 Å². The number of rotatable bonds is 4. The van der Waals surface area contributed by atoms with E-state index >= 15 is 0 Å². The SMILES string of the molecule is O=C(/C=C\c1ccccc1)OC(=O)/C=C/c1ccccc1. The molecule has 0 amide bonds. The lowest BCUT2D eigenvalue weighted by atomic mass is 10.2. The molecule has 104 valence electrons. The second-order valence-electron chi connectivity index (χ2n) is 4.23. The van der Waals surface area contributed by atoms with Gasteiger partial charge in [-0.05, 0) is 23.3 Å². The van der Waals surface area contributed by atoms with E-state index in [0.717, 1.165) is 11.1 Å². The van der Waals surface area contributed by atoms with E-state index in [0.29, 0.717) is 0 Å². The van der Waals surface area contributed by atoms with Crippen LogP contribution in [0, 0.1) is 0 Å². The molecule has 0 N–H and O–H groups in total. The molecule has 0 saturated heterocycles. The quantitative estimate of drug-likeness (QED) is 0.488. The van der Waals surface area contributed by atoms with E-state index in [2.05, 4.69) is 4.74 Å². The molecule has 0 unspecified atom stereocenters. The minimum atomic E-state index is -0.693. The van der Waals surface area contributed by atoms with Crippen molar-refractivity contribution < 1.29 is 14.3 Å². The minimum absolute atomic E-state index is 0.693. The molecule has 2 rings (SSSR count). The van der Waals surface area contributed by atoms with Crippen molar-refractivity contribution in [1.82, 2.24) is 0 Å². The van der Waals surface area contributed by atoms with Crippen LogP contribution in [0.1, 0.15) is 11.1 Å². The van der Waals surface area contributed by atoms with Gasteiger partial charge < -0.3 is 4.74 Å². The second kappa shape index (κ2) is 7.60. The van der Waals surface area contributed by atoms with Crippen LogP contribution in [-0.4, -0.2) is 11.9 Å². The molecule has 0 aliphatic heterocycles. The van der Waals surface area contributed by atoms with Crippen molar-refractivity contribution in [3.8, 4) is 0 Å². The number of carbonyl (C=O) groups is 2. The molecule has 0 bridgehead atoms. The van der Waals surface area contributed by atoms with Crippen LogP contribution in [0.3, 0.4) is 0 Å². The highest BCUT2D eigenvalue weighted by Gasteiger charge is 2.03. The Balaban J connectivity index is 1.87. The summed E-state index contributed by atoms with van der Waals surface area (Å²) >= 11 is 0. The molecule has 0 aromatic heterocycles. The van der Waals surface area contributed by atoms with Crippen molar-refractivity contribution in [3.05, 3.63) is 83.9 Å². The Bertz CT molecular complexity index is 596. The van der Waals surface area contributed by atoms with Gasteiger partial charge in [0.15, 0.2) is 0 Å². The zero-order valence-electron chi connectivity index (χ0n) is 11.3. The van der Waals surface area contributed by atoms with Crippen molar-refractivity contribution in [2.45, 2.75) is 0 Å². The summed E-state index contributed by atoms with van der Waals surface area (Å²) < 4.78 is 4.64. The molecule has 0 radical (unpaired) electrons. The first kappa shape index (κ1) is 14.5. The molecule has 3 nitrogen and oxygen atoms in total. The van der Waals surface area contributed by atoms with E-state index in [1.54, 1.807) is 12.2 Å². The third-order valence-electron chi connectivity index (χ3n) is 2.62. The summed E-state index contributed by atoms with van der Waals surface area (Å²) in [4.78, 5) is 22.9. The summed E-state index contributed by atoms with van der Waals surface area (Å²) in [6, 6.07) is 18.6. The fourth-order valence-electron chi connectivity index (χ4n) is 1.62. The first-order valence-electron chi connectivity index (χ1n) is 6.46. The maximum Gasteiger partial charge on any atom is 0.338 e. The monoisotopic (exact) mass is 278 g/mol. The minimum Gasteiger partial charge on any atom is -0.387 e. The Morgan fingerprint density at radius 1 is 0.667 bits per heavy atom. The lowest BCUT2D eigenvalue weighted by Gasteiger charge is -1.95. The zero-order valence-corrected chi connectivity index (χ0v) is 11.3. The summed E-state index contributed by atoms with van der Waals surface area (Å²) in [5.74, 6) is -1.39. The van der Waals surface area contributed by atoms with Gasteiger partial charge in [0.1, 0.15) is 0 Å². The van der Waals surface area contributed by atoms with E-state index < -0.39 is 11.9 Å². The number of ether oxygens (including phenoxy) is 1. The Morgan fingerprint density at radius 2 is 1.05 bits per heavy atom. The summed E-state index contributed by atoms with van der Waals surface area (Å²) in [6.45, 7) is 0. The van der Waals surface area contributed by atoms with Gasteiger partial charge in [-0.25, -0.2) is 9.59 Å². The van der Waals surface area contributed by atoms with Crippen LogP contribution in [0.2, 0.25) is 0 Å². The smallest absolute Gasteiger partial charge is 0.338 e. The third kappa shape index (κ3) is 5.28. The van der Waals surface area contributed by atoms with Gasteiger partial charge in [0, 0.05) is 12.2 Å². The van der Waals surface area contributed by atoms with Crippen molar-refractivity contribution in [3.63, 3.8) is 0 Å². The summed E-state index contributed by atoms with van der Waals surface area (Å²) in [5.41, 5.74) is 1.73. The maximum atomic E-state index is 11.5. The molecule has 0 fully saturated rings. The van der Waals surface area contributed by atoms with Gasteiger partial charge in [-0.2, -0.15) is 0 Å². The molecule has 0 heterocycles. The molecule has 2 aromatic carbocycles. The summed E-state index contributed by atoms with van der Waals surface area (Å²) in [7, 11) is 0. The normalized spacial score (nSPS) is 10.9. The predicted molar refractivity (Wildman–Crippen MR) is 82.1 cm³/mol. The number of benzene rings is 2. The van der Waals surface area contributed by atoms with Gasteiger partial charge in [0.25, 0.3) is 0 Å². The zero-order chi connectivity index (χ0) is 14.9. The average molecular weight is 278 g/mol. The second-order valence-corrected chi connectivity index (χ2v) is 4.23. The Labute approximate surface area is 123 Å². The predicted octanol–water partition coefficient (Wildman–Crippen LogP) is 3.48. The molecule has 2 aromatic rings. The highest BCUT2D eigenvalue weighted by Crippen LogP contribution is 2.03. The van der Waals surface area contributed by atoms with Crippen molar-refractivity contribution in [2.24, 2.45) is 0 Å². The number of hydrogen-bond donors (Lipinski definition) is 0. The molecule has 0 spiro atoms. The van der Waals surface area contributed by atoms with Crippen molar-refractivity contribution in [2.75, 3.05) is 0 Å². The van der Waals surface area contributed by atoms with Crippen molar-refractivity contribution >= 4 is 24.1 Å². The largest absolute Gasteiger partial charge is 0.387 e. The summed E-state index contributed by atoms with van der Waals surface area (Å²) in [6.07, 6.45) is 5.64. The van der Waals surface area contributed by atoms with Crippen LogP contribution in [-0.2, 0) is 14.3 Å². The van der Waals surface area contributed by atoms with Gasteiger partial charge in [-0.15, -0.1) is 0 Å². The highest BCUT2D eigenvalue weighted by molar-refractivity contribution is 5.99. The third-order valence-corrected chi connectivity index (χ3v) is 2.62. The van der Waals surface area contributed by atoms with E-state index in [1.807, 2.05) is 60.7 Å². The van der Waals surface area contributed by atoms with Gasteiger partial charge >= 0.3 is 11.9 Å². The molecule has 0 aliphatic carbocycles. The number of esters is 2. The molecular weight excluding hydrogens is 264 g/mol. The fourth-order valence-corrected chi connectivity index (χ4v) is 1.62. The van der Waals surface area contributed by atoms with Crippen molar-refractivity contribution in [1.29, 1.82) is 0 Å². The standard InChI is InChI=1S/C18H14O3/c19-17(13-11-15-7-3-1-4-8-15)21-18(20)14-12-16-9-5-2-6-10-16/h1-14H/b13-11-,14-12+. The number of carbonyl (C=O) groups excluding carboxylic acids is 2. The van der Waals surface area contributed by atoms with Crippen LogP contribution < -0.4 is 0 Å².